The predicted molar refractivity (Wildman–Crippen MR) is 110 cm³/mol. The quantitative estimate of drug-likeness (QED) is 0.492. The van der Waals surface area contributed by atoms with Crippen LogP contribution < -0.4 is 9.83 Å². The lowest BCUT2D eigenvalue weighted by Crippen LogP contribution is -2.26. The van der Waals surface area contributed by atoms with Crippen LogP contribution in [0.4, 0.5) is 0 Å². The van der Waals surface area contributed by atoms with E-state index in [1.54, 1.807) is 0 Å². The zero-order valence-electron chi connectivity index (χ0n) is 14.9. The highest BCUT2D eigenvalue weighted by Crippen LogP contribution is 2.69. The van der Waals surface area contributed by atoms with Crippen LogP contribution in [0.2, 0.25) is 0 Å². The number of halogens is 1. The summed E-state index contributed by atoms with van der Waals surface area (Å²) >= 11 is 7.04. The molecule has 4 heteroatoms. The smallest absolute Gasteiger partial charge is 0.317 e. The van der Waals surface area contributed by atoms with E-state index in [-0.39, 0.29) is 5.52 Å². The lowest BCUT2D eigenvalue weighted by atomic mass is 10.0. The summed E-state index contributed by atoms with van der Waals surface area (Å²) in [5.74, 6) is 0.672. The van der Waals surface area contributed by atoms with Crippen LogP contribution in [0, 0.1) is 20.8 Å². The van der Waals surface area contributed by atoms with Crippen molar-refractivity contribution in [2.24, 2.45) is 0 Å². The summed E-state index contributed by atoms with van der Waals surface area (Å²) in [6, 6.07) is 19.6. The van der Waals surface area contributed by atoms with Crippen molar-refractivity contribution in [1.82, 2.24) is 0 Å². The minimum Gasteiger partial charge on any atom is -0.317 e. The third kappa shape index (κ3) is 2.57. The van der Waals surface area contributed by atoms with Gasteiger partial charge in [-0.1, -0.05) is 54.1 Å². The second kappa shape index (κ2) is 6.23. The number of hydrogen-bond donors (Lipinski definition) is 0. The SMILES string of the molecule is Cc1cc(C)c(C(=O)[P+]2(Cl)Oc3ccccc3-c3ccccc32)c(C)c1. The molecular formula is C22H19ClO2P+. The largest absolute Gasteiger partial charge is 0.393 e. The first kappa shape index (κ1) is 17.3. The van der Waals surface area contributed by atoms with Gasteiger partial charge in [-0.2, -0.15) is 0 Å². The predicted octanol–water partition coefficient (Wildman–Crippen LogP) is 6.22. The van der Waals surface area contributed by atoms with E-state index >= 15 is 0 Å². The minimum atomic E-state index is -3.03. The van der Waals surface area contributed by atoms with E-state index in [1.165, 1.54) is 0 Å². The van der Waals surface area contributed by atoms with Crippen molar-refractivity contribution in [3.8, 4) is 16.9 Å². The van der Waals surface area contributed by atoms with Crippen LogP contribution >= 0.6 is 18.1 Å². The second-order valence-corrected chi connectivity index (χ2v) is 10.3. The van der Waals surface area contributed by atoms with E-state index in [0.29, 0.717) is 11.3 Å². The molecule has 0 N–H and O–H groups in total. The van der Waals surface area contributed by atoms with Crippen LogP contribution in [0.15, 0.2) is 60.7 Å². The van der Waals surface area contributed by atoms with Gasteiger partial charge in [-0.15, -0.1) is 0 Å². The molecule has 4 rings (SSSR count). The fourth-order valence-corrected chi connectivity index (χ4v) is 6.89. The van der Waals surface area contributed by atoms with E-state index in [4.69, 9.17) is 15.8 Å². The summed E-state index contributed by atoms with van der Waals surface area (Å²) in [7, 11) is 0. The summed E-state index contributed by atoms with van der Waals surface area (Å²) in [6.07, 6.45) is 0. The molecule has 0 bridgehead atoms. The molecule has 3 aromatic rings. The van der Waals surface area contributed by atoms with Crippen molar-refractivity contribution in [2.75, 3.05) is 0 Å². The molecule has 0 amide bonds. The van der Waals surface area contributed by atoms with Crippen LogP contribution in [0.3, 0.4) is 0 Å². The van der Waals surface area contributed by atoms with E-state index in [9.17, 15) is 4.79 Å². The first-order valence-electron chi connectivity index (χ1n) is 8.52. The van der Waals surface area contributed by atoms with Crippen LogP contribution in [0.5, 0.6) is 5.75 Å². The molecule has 1 aliphatic heterocycles. The van der Waals surface area contributed by atoms with Gasteiger partial charge in [-0.25, -0.2) is 4.79 Å². The zero-order valence-corrected chi connectivity index (χ0v) is 16.6. The van der Waals surface area contributed by atoms with Gasteiger partial charge in [-0.3, -0.25) is 0 Å². The Morgan fingerprint density at radius 1 is 0.885 bits per heavy atom. The number of carbonyl (C=O) groups excluding carboxylic acids is 1. The summed E-state index contributed by atoms with van der Waals surface area (Å²) in [5.41, 5.74) is 5.52. The van der Waals surface area contributed by atoms with E-state index < -0.39 is 6.84 Å². The lowest BCUT2D eigenvalue weighted by Gasteiger charge is -2.25. The normalized spacial score (nSPS) is 17.8. The third-order valence-corrected chi connectivity index (χ3v) is 8.19. The molecular weight excluding hydrogens is 363 g/mol. The molecule has 0 saturated heterocycles. The number of para-hydroxylation sites is 1. The fraction of sp³-hybridized carbons (Fsp3) is 0.136. The first-order chi connectivity index (χ1) is 12.4. The molecule has 2 nitrogen and oxygen atoms in total. The van der Waals surface area contributed by atoms with Gasteiger partial charge < -0.3 is 4.52 Å². The zero-order chi connectivity index (χ0) is 18.5. The molecule has 0 aliphatic carbocycles. The Morgan fingerprint density at radius 3 is 2.15 bits per heavy atom. The van der Waals surface area contributed by atoms with Crippen molar-refractivity contribution in [3.63, 3.8) is 0 Å². The summed E-state index contributed by atoms with van der Waals surface area (Å²) in [4.78, 5) is 13.6. The molecule has 1 atom stereocenters. The Morgan fingerprint density at radius 2 is 1.46 bits per heavy atom. The fourth-order valence-electron chi connectivity index (χ4n) is 3.72. The van der Waals surface area contributed by atoms with Crippen molar-refractivity contribution in [2.45, 2.75) is 20.8 Å². The number of aryl methyl sites for hydroxylation is 3. The molecule has 1 aliphatic rings. The van der Waals surface area contributed by atoms with Gasteiger partial charge in [-0.05, 0) is 44.0 Å². The molecule has 3 aromatic carbocycles. The van der Waals surface area contributed by atoms with Crippen molar-refractivity contribution < 1.29 is 9.32 Å². The van der Waals surface area contributed by atoms with E-state index in [2.05, 4.69) is 0 Å². The Kier molecular flexibility index (Phi) is 4.14. The number of hydrogen-bond acceptors (Lipinski definition) is 2. The van der Waals surface area contributed by atoms with Crippen LogP contribution in [-0.4, -0.2) is 5.52 Å². The highest BCUT2D eigenvalue weighted by atomic mass is 35.7. The molecule has 0 fully saturated rings. The summed E-state index contributed by atoms with van der Waals surface area (Å²) in [6.45, 7) is 2.91. The lowest BCUT2D eigenvalue weighted by molar-refractivity contribution is 0.107. The maximum absolute atomic E-state index is 13.6. The van der Waals surface area contributed by atoms with Gasteiger partial charge in [0.05, 0.1) is 5.56 Å². The van der Waals surface area contributed by atoms with Crippen molar-refractivity contribution in [3.05, 3.63) is 82.9 Å². The van der Waals surface area contributed by atoms with Gasteiger partial charge in [0.15, 0.2) is 11.1 Å². The molecule has 0 aromatic heterocycles. The molecule has 26 heavy (non-hydrogen) atoms. The topological polar surface area (TPSA) is 26.3 Å². The number of benzene rings is 3. The summed E-state index contributed by atoms with van der Waals surface area (Å²) < 4.78 is 6.23. The first-order valence-corrected chi connectivity index (χ1v) is 11.1. The summed E-state index contributed by atoms with van der Waals surface area (Å²) in [5, 5.41) is 0.796. The molecule has 0 radical (unpaired) electrons. The maximum atomic E-state index is 13.6. The van der Waals surface area contributed by atoms with Gasteiger partial charge in [0.25, 0.3) is 0 Å². The van der Waals surface area contributed by atoms with E-state index in [1.807, 2.05) is 81.4 Å². The maximum Gasteiger partial charge on any atom is 0.393 e. The number of fused-ring (bicyclic) bond motifs is 3. The highest BCUT2D eigenvalue weighted by molar-refractivity contribution is 8.13. The number of carbonyl (C=O) groups is 1. The Hall–Kier alpha value is -2.15. The van der Waals surface area contributed by atoms with Crippen LogP contribution in [-0.2, 0) is 0 Å². The monoisotopic (exact) mass is 381 g/mol. The van der Waals surface area contributed by atoms with Gasteiger partial charge in [0.2, 0.25) is 0 Å². The van der Waals surface area contributed by atoms with Crippen LogP contribution in [0.25, 0.3) is 11.1 Å². The van der Waals surface area contributed by atoms with Gasteiger partial charge >= 0.3 is 12.4 Å². The standard InChI is InChI=1S/C22H19ClO2P/c1-14-12-15(2)21(16(3)13-14)22(24)26(23)20-11-7-5-9-18(20)17-8-4-6-10-19(17)25-26/h4-13H,1-3H3/q+1. The van der Waals surface area contributed by atoms with Crippen molar-refractivity contribution >= 4 is 28.9 Å². The molecule has 1 unspecified atom stereocenters. The van der Waals surface area contributed by atoms with Gasteiger partial charge in [0, 0.05) is 11.1 Å². The molecule has 1 heterocycles. The average molecular weight is 382 g/mol. The second-order valence-electron chi connectivity index (χ2n) is 6.72. The van der Waals surface area contributed by atoms with Gasteiger partial charge in [0.1, 0.15) is 11.2 Å². The molecule has 130 valence electrons. The number of rotatable bonds is 2. The van der Waals surface area contributed by atoms with Crippen molar-refractivity contribution in [1.29, 1.82) is 0 Å². The minimum absolute atomic E-state index is 0.115. The Labute approximate surface area is 159 Å². The Balaban J connectivity index is 1.94. The van der Waals surface area contributed by atoms with E-state index in [0.717, 1.165) is 33.1 Å². The molecule has 0 saturated carbocycles. The molecule has 0 spiro atoms. The third-order valence-electron chi connectivity index (χ3n) is 4.77. The highest BCUT2D eigenvalue weighted by Gasteiger charge is 2.57. The van der Waals surface area contributed by atoms with Crippen LogP contribution in [0.1, 0.15) is 27.0 Å². The average Bonchev–Trinajstić information content (AvgIpc) is 2.61. The Bertz CT molecular complexity index is 1020.